The van der Waals surface area contributed by atoms with Crippen LogP contribution in [0.5, 0.6) is 0 Å². The highest BCUT2D eigenvalue weighted by Gasteiger charge is 2.18. The largest absolute Gasteiger partial charge is 0.481 e. The number of aliphatic carboxylic acids is 1. The molecule has 0 aliphatic rings. The Hall–Kier alpha value is -1.32. The molecule has 0 spiro atoms. The zero-order valence-corrected chi connectivity index (χ0v) is 8.11. The number of hydrogen-bond acceptors (Lipinski definition) is 2. The lowest BCUT2D eigenvalue weighted by Gasteiger charge is -2.21. The molecule has 1 heterocycles. The van der Waals surface area contributed by atoms with E-state index >= 15 is 0 Å². The van der Waals surface area contributed by atoms with E-state index in [2.05, 4.69) is 5.10 Å². The number of nitrogens with zero attached hydrogens (tertiary/aromatic N) is 2. The molecule has 0 aliphatic carbocycles. The van der Waals surface area contributed by atoms with Crippen LogP contribution >= 0.6 is 0 Å². The second kappa shape index (κ2) is 3.20. The van der Waals surface area contributed by atoms with Crippen molar-refractivity contribution in [3.05, 3.63) is 18.0 Å². The van der Waals surface area contributed by atoms with Crippen LogP contribution in [0.2, 0.25) is 0 Å². The first-order valence-corrected chi connectivity index (χ1v) is 4.16. The van der Waals surface area contributed by atoms with Gasteiger partial charge in [-0.2, -0.15) is 5.10 Å². The Balaban J connectivity index is 2.96. The zero-order valence-electron chi connectivity index (χ0n) is 8.11. The lowest BCUT2D eigenvalue weighted by atomic mass is 10.1. The molecular weight excluding hydrogens is 168 g/mol. The number of carboxylic acids is 1. The number of rotatable bonds is 2. The minimum atomic E-state index is -0.828. The van der Waals surface area contributed by atoms with E-state index in [4.69, 9.17) is 5.11 Å². The predicted octanol–water partition coefficient (Wildman–Crippen LogP) is 1.27. The van der Waals surface area contributed by atoms with Crippen LogP contribution in [0.25, 0.3) is 0 Å². The van der Waals surface area contributed by atoms with E-state index in [0.29, 0.717) is 0 Å². The first-order valence-electron chi connectivity index (χ1n) is 4.16. The van der Waals surface area contributed by atoms with Crippen molar-refractivity contribution in [2.45, 2.75) is 32.7 Å². The van der Waals surface area contributed by atoms with E-state index in [1.165, 1.54) is 0 Å². The lowest BCUT2D eigenvalue weighted by Crippen LogP contribution is -2.26. The molecule has 0 saturated carbocycles. The van der Waals surface area contributed by atoms with Crippen LogP contribution in [0.1, 0.15) is 26.5 Å². The Bertz CT molecular complexity index is 310. The van der Waals surface area contributed by atoms with Crippen LogP contribution in [-0.2, 0) is 16.8 Å². The summed E-state index contributed by atoms with van der Waals surface area (Å²) in [6.45, 7) is 5.97. The van der Waals surface area contributed by atoms with Crippen molar-refractivity contribution < 1.29 is 9.90 Å². The van der Waals surface area contributed by atoms with Gasteiger partial charge in [-0.05, 0) is 26.8 Å². The van der Waals surface area contributed by atoms with Gasteiger partial charge in [-0.15, -0.1) is 0 Å². The first-order chi connectivity index (χ1) is 5.91. The predicted molar refractivity (Wildman–Crippen MR) is 48.6 cm³/mol. The summed E-state index contributed by atoms with van der Waals surface area (Å²) in [4.78, 5) is 10.5. The molecule has 4 heteroatoms. The molecule has 0 bridgehead atoms. The van der Waals surface area contributed by atoms with Gasteiger partial charge in [-0.3, -0.25) is 9.48 Å². The highest BCUT2D eigenvalue weighted by Crippen LogP contribution is 2.15. The lowest BCUT2D eigenvalue weighted by molar-refractivity contribution is -0.136. The van der Waals surface area contributed by atoms with Gasteiger partial charge in [0, 0.05) is 6.20 Å². The maximum Gasteiger partial charge on any atom is 0.309 e. The van der Waals surface area contributed by atoms with E-state index < -0.39 is 5.97 Å². The Kier molecular flexibility index (Phi) is 2.40. The summed E-state index contributed by atoms with van der Waals surface area (Å²) in [5.74, 6) is -0.828. The van der Waals surface area contributed by atoms with Gasteiger partial charge in [0.25, 0.3) is 0 Å². The molecular formula is C9H14N2O2. The van der Waals surface area contributed by atoms with Crippen molar-refractivity contribution in [2.75, 3.05) is 0 Å². The molecule has 0 fully saturated rings. The molecule has 1 rings (SSSR count). The standard InChI is InChI=1S/C9H14N2O2/c1-9(2,3)11-7(4-5-10-11)6-8(12)13/h4-5H,6H2,1-3H3,(H,12,13). The van der Waals surface area contributed by atoms with Gasteiger partial charge >= 0.3 is 5.97 Å². The van der Waals surface area contributed by atoms with Gasteiger partial charge < -0.3 is 5.11 Å². The maximum absolute atomic E-state index is 10.5. The van der Waals surface area contributed by atoms with Gasteiger partial charge in [-0.25, -0.2) is 0 Å². The molecule has 13 heavy (non-hydrogen) atoms. The Labute approximate surface area is 77.2 Å². The summed E-state index contributed by atoms with van der Waals surface area (Å²) in [7, 11) is 0. The summed E-state index contributed by atoms with van der Waals surface area (Å²) in [5.41, 5.74) is 0.578. The van der Waals surface area contributed by atoms with Crippen molar-refractivity contribution in [3.63, 3.8) is 0 Å². The molecule has 1 aromatic heterocycles. The smallest absolute Gasteiger partial charge is 0.309 e. The van der Waals surface area contributed by atoms with Gasteiger partial charge in [0.15, 0.2) is 0 Å². The third-order valence-electron chi connectivity index (χ3n) is 1.69. The second-order valence-corrected chi connectivity index (χ2v) is 3.98. The highest BCUT2D eigenvalue weighted by molar-refractivity contribution is 5.69. The van der Waals surface area contributed by atoms with Crippen molar-refractivity contribution in [1.82, 2.24) is 9.78 Å². The third kappa shape index (κ3) is 2.31. The van der Waals surface area contributed by atoms with E-state index in [-0.39, 0.29) is 12.0 Å². The average molecular weight is 182 g/mol. The van der Waals surface area contributed by atoms with Crippen molar-refractivity contribution >= 4 is 5.97 Å². The fourth-order valence-electron chi connectivity index (χ4n) is 1.22. The van der Waals surface area contributed by atoms with E-state index in [1.807, 2.05) is 20.8 Å². The fraction of sp³-hybridized carbons (Fsp3) is 0.556. The summed E-state index contributed by atoms with van der Waals surface area (Å²) >= 11 is 0. The number of carbonyl (C=O) groups is 1. The van der Waals surface area contributed by atoms with Crippen molar-refractivity contribution in [3.8, 4) is 0 Å². The van der Waals surface area contributed by atoms with E-state index in [1.54, 1.807) is 16.9 Å². The van der Waals surface area contributed by atoms with Gasteiger partial charge in [-0.1, -0.05) is 0 Å². The normalized spacial score (nSPS) is 11.6. The summed E-state index contributed by atoms with van der Waals surface area (Å²) in [6, 6.07) is 1.74. The average Bonchev–Trinajstić information content (AvgIpc) is 2.31. The fourth-order valence-corrected chi connectivity index (χ4v) is 1.22. The number of carboxylic acid groups (broad SMARTS) is 1. The monoisotopic (exact) mass is 182 g/mol. The molecule has 0 aliphatic heterocycles. The van der Waals surface area contributed by atoms with Crippen LogP contribution in [0.4, 0.5) is 0 Å². The van der Waals surface area contributed by atoms with Crippen LogP contribution < -0.4 is 0 Å². The molecule has 0 unspecified atom stereocenters. The summed E-state index contributed by atoms with van der Waals surface area (Å²) in [5, 5.41) is 12.7. The molecule has 0 radical (unpaired) electrons. The Morgan fingerprint density at radius 1 is 1.62 bits per heavy atom. The van der Waals surface area contributed by atoms with Gasteiger partial charge in [0.1, 0.15) is 0 Å². The van der Waals surface area contributed by atoms with Crippen molar-refractivity contribution in [2.24, 2.45) is 0 Å². The van der Waals surface area contributed by atoms with Gasteiger partial charge in [0.2, 0.25) is 0 Å². The first kappa shape index (κ1) is 9.77. The summed E-state index contributed by atoms with van der Waals surface area (Å²) < 4.78 is 1.74. The molecule has 4 nitrogen and oxygen atoms in total. The molecule has 72 valence electrons. The van der Waals surface area contributed by atoms with Crippen LogP contribution in [0.3, 0.4) is 0 Å². The third-order valence-corrected chi connectivity index (χ3v) is 1.69. The van der Waals surface area contributed by atoms with Crippen LogP contribution in [0.15, 0.2) is 12.3 Å². The topological polar surface area (TPSA) is 55.1 Å². The Morgan fingerprint density at radius 2 is 2.23 bits per heavy atom. The Morgan fingerprint density at radius 3 is 2.69 bits per heavy atom. The molecule has 0 atom stereocenters. The number of hydrogen-bond donors (Lipinski definition) is 1. The highest BCUT2D eigenvalue weighted by atomic mass is 16.4. The zero-order chi connectivity index (χ0) is 10.1. The maximum atomic E-state index is 10.5. The second-order valence-electron chi connectivity index (χ2n) is 3.98. The number of aromatic nitrogens is 2. The minimum Gasteiger partial charge on any atom is -0.481 e. The van der Waals surface area contributed by atoms with Crippen LogP contribution in [-0.4, -0.2) is 20.9 Å². The van der Waals surface area contributed by atoms with E-state index in [0.717, 1.165) is 5.69 Å². The van der Waals surface area contributed by atoms with E-state index in [9.17, 15) is 4.79 Å². The van der Waals surface area contributed by atoms with Crippen LogP contribution in [0, 0.1) is 0 Å². The summed E-state index contributed by atoms with van der Waals surface area (Å²) in [6.07, 6.45) is 1.65. The van der Waals surface area contributed by atoms with Crippen molar-refractivity contribution in [1.29, 1.82) is 0 Å². The minimum absolute atomic E-state index is 0.0251. The molecule has 1 N–H and O–H groups in total. The quantitative estimate of drug-likeness (QED) is 0.749. The van der Waals surface area contributed by atoms with Gasteiger partial charge in [0.05, 0.1) is 17.7 Å². The molecule has 0 saturated heterocycles. The molecule has 1 aromatic rings. The molecule has 0 amide bonds. The SMILES string of the molecule is CC(C)(C)n1nccc1CC(=O)O. The molecule has 0 aromatic carbocycles.